The van der Waals surface area contributed by atoms with Gasteiger partial charge < -0.3 is 15.0 Å². The fourth-order valence-electron chi connectivity index (χ4n) is 4.17. The van der Waals surface area contributed by atoms with E-state index in [0.717, 1.165) is 11.9 Å². The molecule has 3 aliphatic rings. The average Bonchev–Trinajstić information content (AvgIpc) is 2.75. The first-order chi connectivity index (χ1) is 12.6. The molecule has 0 aromatic carbocycles. The van der Waals surface area contributed by atoms with Crippen molar-refractivity contribution in [3.05, 3.63) is 48.0 Å². The molecule has 0 aromatic heterocycles. The Morgan fingerprint density at radius 3 is 2.33 bits per heavy atom. The zero-order chi connectivity index (χ0) is 19.7. The van der Waals surface area contributed by atoms with Gasteiger partial charge in [0.2, 0.25) is 0 Å². The third-order valence-electron chi connectivity index (χ3n) is 6.87. The quantitative estimate of drug-likeness (QED) is 0.541. The molecule has 0 amide bonds. The van der Waals surface area contributed by atoms with Crippen LogP contribution in [0.2, 0.25) is 0 Å². The highest BCUT2D eigenvalue weighted by atomic mass is 16.7. The predicted octanol–water partition coefficient (Wildman–Crippen LogP) is 5.14. The normalized spacial score (nSPS) is 41.4. The maximum absolute atomic E-state index is 6.38. The van der Waals surface area contributed by atoms with Crippen molar-refractivity contribution in [2.45, 2.75) is 84.0 Å². The highest BCUT2D eigenvalue weighted by Gasteiger charge is 2.52. The summed E-state index contributed by atoms with van der Waals surface area (Å²) in [6.45, 7) is 10.7. The minimum absolute atomic E-state index is 0.00590. The van der Waals surface area contributed by atoms with Crippen molar-refractivity contribution < 1.29 is 9.31 Å². The first-order valence-corrected chi connectivity index (χ1v) is 10.5. The van der Waals surface area contributed by atoms with Gasteiger partial charge in [0.25, 0.3) is 0 Å². The third-order valence-corrected chi connectivity index (χ3v) is 6.87. The van der Waals surface area contributed by atoms with Gasteiger partial charge in [0.05, 0.1) is 11.2 Å². The van der Waals surface area contributed by atoms with Gasteiger partial charge >= 0.3 is 7.12 Å². The summed E-state index contributed by atoms with van der Waals surface area (Å²) in [5.74, 6) is 0.625. The monoisotopic (exact) mass is 369 g/mol. The molecule has 1 heterocycles. The Morgan fingerprint density at radius 2 is 1.63 bits per heavy atom. The van der Waals surface area contributed by atoms with E-state index in [9.17, 15) is 0 Å². The van der Waals surface area contributed by atoms with E-state index < -0.39 is 0 Å². The maximum atomic E-state index is 6.38. The van der Waals surface area contributed by atoms with Crippen LogP contribution in [-0.2, 0) is 9.31 Å². The summed E-state index contributed by atoms with van der Waals surface area (Å²) in [6, 6.07) is -0.128. The Labute approximate surface area is 165 Å². The van der Waals surface area contributed by atoms with E-state index in [1.807, 2.05) is 0 Å². The number of hydrogen-bond donors (Lipinski definition) is 1. The molecule has 3 rings (SSSR count). The van der Waals surface area contributed by atoms with Gasteiger partial charge in [-0.1, -0.05) is 49.5 Å². The van der Waals surface area contributed by atoms with Gasteiger partial charge in [-0.2, -0.15) is 0 Å². The van der Waals surface area contributed by atoms with E-state index in [0.29, 0.717) is 5.92 Å². The van der Waals surface area contributed by atoms with Gasteiger partial charge in [0, 0.05) is 11.5 Å². The Morgan fingerprint density at radius 1 is 0.963 bits per heavy atom. The average molecular weight is 369 g/mol. The second kappa shape index (κ2) is 7.73. The largest absolute Gasteiger partial charge is 0.494 e. The van der Waals surface area contributed by atoms with Crippen LogP contribution in [0, 0.1) is 11.3 Å². The van der Waals surface area contributed by atoms with Crippen LogP contribution < -0.4 is 5.73 Å². The van der Waals surface area contributed by atoms with Crippen molar-refractivity contribution in [2.24, 2.45) is 17.1 Å². The Balaban J connectivity index is 1.85. The standard InChI is InChI=1S/C23H36BNO2/c1-21(2)22(3,4)27-24(26-21)19-13-15-23(5,16-14-20(25)17-19)18-11-9-7-6-8-10-12-18/h6-7,13-18,20H,8-12,25H2,1-5H3/b7-6-,15-13-,16-14-,19-17+. The van der Waals surface area contributed by atoms with E-state index in [1.165, 1.54) is 25.7 Å². The van der Waals surface area contributed by atoms with Crippen molar-refractivity contribution in [2.75, 3.05) is 0 Å². The molecule has 2 aliphatic carbocycles. The van der Waals surface area contributed by atoms with Crippen LogP contribution in [0.5, 0.6) is 0 Å². The van der Waals surface area contributed by atoms with Gasteiger partial charge in [-0.05, 0) is 71.2 Å². The smallest absolute Gasteiger partial charge is 0.399 e. The first kappa shape index (κ1) is 20.6. The van der Waals surface area contributed by atoms with E-state index in [-0.39, 0.29) is 29.8 Å². The molecule has 27 heavy (non-hydrogen) atoms. The van der Waals surface area contributed by atoms with Crippen molar-refractivity contribution in [3.8, 4) is 0 Å². The molecule has 0 spiro atoms. The Bertz CT molecular complexity index is 645. The summed E-state index contributed by atoms with van der Waals surface area (Å²) in [5, 5.41) is 0. The first-order valence-electron chi connectivity index (χ1n) is 10.5. The highest BCUT2D eigenvalue weighted by Crippen LogP contribution is 2.42. The van der Waals surface area contributed by atoms with Gasteiger partial charge in [-0.15, -0.1) is 0 Å². The van der Waals surface area contributed by atoms with Gasteiger partial charge in [0.1, 0.15) is 0 Å². The maximum Gasteiger partial charge on any atom is 0.494 e. The van der Waals surface area contributed by atoms with E-state index in [1.54, 1.807) is 0 Å². The SMILES string of the molecule is CC1(C2CC/C=C\CCC2)/C=C\C(B2OC(C)(C)C(C)(C)O2)=C/C(N)/C=C\1. The fraction of sp³-hybridized carbons (Fsp3) is 0.652. The third kappa shape index (κ3) is 4.50. The van der Waals surface area contributed by atoms with Crippen molar-refractivity contribution >= 4 is 7.12 Å². The molecule has 1 fully saturated rings. The molecule has 1 aliphatic heterocycles. The number of rotatable bonds is 2. The predicted molar refractivity (Wildman–Crippen MR) is 114 cm³/mol. The molecular weight excluding hydrogens is 333 g/mol. The molecule has 1 saturated heterocycles. The van der Waals surface area contributed by atoms with E-state index >= 15 is 0 Å². The second-order valence-electron chi connectivity index (χ2n) is 9.57. The number of nitrogens with two attached hydrogens (primary N) is 1. The summed E-state index contributed by atoms with van der Waals surface area (Å²) in [4.78, 5) is 0. The lowest BCUT2D eigenvalue weighted by atomic mass is 9.68. The van der Waals surface area contributed by atoms with Crippen LogP contribution in [0.1, 0.15) is 66.7 Å². The van der Waals surface area contributed by atoms with E-state index in [4.69, 9.17) is 15.0 Å². The van der Waals surface area contributed by atoms with Crippen molar-refractivity contribution in [1.82, 2.24) is 0 Å². The van der Waals surface area contributed by atoms with Gasteiger partial charge in [-0.3, -0.25) is 0 Å². The van der Waals surface area contributed by atoms with Crippen LogP contribution in [-0.4, -0.2) is 24.4 Å². The van der Waals surface area contributed by atoms with Crippen LogP contribution in [0.15, 0.2) is 48.0 Å². The lowest BCUT2D eigenvalue weighted by Gasteiger charge is -2.34. The van der Waals surface area contributed by atoms with Gasteiger partial charge in [-0.25, -0.2) is 0 Å². The van der Waals surface area contributed by atoms with E-state index in [2.05, 4.69) is 77.2 Å². The van der Waals surface area contributed by atoms with Crippen LogP contribution >= 0.6 is 0 Å². The molecule has 2 N–H and O–H groups in total. The molecule has 3 unspecified atom stereocenters. The van der Waals surface area contributed by atoms with Gasteiger partial charge in [0.15, 0.2) is 0 Å². The van der Waals surface area contributed by atoms with Crippen molar-refractivity contribution in [1.29, 1.82) is 0 Å². The zero-order valence-corrected chi connectivity index (χ0v) is 17.7. The van der Waals surface area contributed by atoms with Crippen LogP contribution in [0.4, 0.5) is 0 Å². The summed E-state index contributed by atoms with van der Waals surface area (Å²) in [6.07, 6.45) is 21.8. The molecule has 0 bridgehead atoms. The van der Waals surface area contributed by atoms with Crippen LogP contribution in [0.25, 0.3) is 0 Å². The Kier molecular flexibility index (Phi) is 5.91. The summed E-state index contributed by atoms with van der Waals surface area (Å²) in [5.41, 5.74) is 6.73. The molecular formula is C23H36BNO2. The lowest BCUT2D eigenvalue weighted by molar-refractivity contribution is 0.00578. The second-order valence-corrected chi connectivity index (χ2v) is 9.57. The summed E-state index contributed by atoms with van der Waals surface area (Å²) < 4.78 is 12.5. The Hall–Kier alpha value is -1.10. The molecule has 148 valence electrons. The lowest BCUT2D eigenvalue weighted by Crippen LogP contribution is -2.41. The molecule has 3 nitrogen and oxygen atoms in total. The van der Waals surface area contributed by atoms with Crippen molar-refractivity contribution in [3.63, 3.8) is 0 Å². The summed E-state index contributed by atoms with van der Waals surface area (Å²) >= 11 is 0. The summed E-state index contributed by atoms with van der Waals surface area (Å²) in [7, 11) is -0.367. The molecule has 0 radical (unpaired) electrons. The minimum atomic E-state index is -0.367. The topological polar surface area (TPSA) is 44.5 Å². The number of hydrogen-bond acceptors (Lipinski definition) is 3. The number of allylic oxidation sites excluding steroid dienone is 6. The highest BCUT2D eigenvalue weighted by molar-refractivity contribution is 6.55. The fourth-order valence-corrected chi connectivity index (χ4v) is 4.17. The van der Waals surface area contributed by atoms with Crippen LogP contribution in [0.3, 0.4) is 0 Å². The zero-order valence-electron chi connectivity index (χ0n) is 17.7. The molecule has 0 aromatic rings. The molecule has 3 atom stereocenters. The molecule has 0 saturated carbocycles. The minimum Gasteiger partial charge on any atom is -0.399 e. The molecule has 4 heteroatoms.